The molecule has 5 nitrogen and oxygen atoms in total. The van der Waals surface area contributed by atoms with Crippen LogP contribution in [0.1, 0.15) is 0 Å². The molecule has 10 heavy (non-hydrogen) atoms. The Morgan fingerprint density at radius 2 is 2.10 bits per heavy atom. The molecule has 0 spiro atoms. The van der Waals surface area contributed by atoms with E-state index < -0.39 is 22.3 Å². The van der Waals surface area contributed by atoms with Crippen molar-refractivity contribution in [1.29, 1.82) is 0 Å². The smallest absolute Gasteiger partial charge is 0.236 e. The third-order valence-electron chi connectivity index (χ3n) is 0.692. The van der Waals surface area contributed by atoms with Crippen LogP contribution in [0.5, 0.6) is 0 Å². The molecule has 6 heteroatoms. The van der Waals surface area contributed by atoms with Crippen molar-refractivity contribution in [2.75, 3.05) is 18.7 Å². The molecule has 0 heterocycles. The van der Waals surface area contributed by atoms with E-state index in [0.29, 0.717) is 0 Å². The van der Waals surface area contributed by atoms with Gasteiger partial charge in [0, 0.05) is 6.26 Å². The first kappa shape index (κ1) is 9.38. The molecule has 0 aliphatic rings. The van der Waals surface area contributed by atoms with Crippen LogP contribution >= 0.6 is 0 Å². The van der Waals surface area contributed by atoms with E-state index in [-0.39, 0.29) is 5.88 Å². The molecule has 0 fully saturated rings. The van der Waals surface area contributed by atoms with Crippen LogP contribution in [0.2, 0.25) is 0 Å². The number of nitrogens with one attached hydrogen (secondary N) is 2. The van der Waals surface area contributed by atoms with Crippen molar-refractivity contribution in [1.82, 2.24) is 11.1 Å². The summed E-state index contributed by atoms with van der Waals surface area (Å²) in [7, 11) is -3.14. The van der Waals surface area contributed by atoms with Gasteiger partial charge >= 0.3 is 0 Å². The average molecular weight is 165 g/mol. The Kier molecular flexibility index (Phi) is 3.31. The minimum Gasteiger partial charge on any atom is -0.341 e. The van der Waals surface area contributed by atoms with E-state index >= 15 is 0 Å². The van der Waals surface area contributed by atoms with Crippen LogP contribution in [-0.4, -0.2) is 33.0 Å². The van der Waals surface area contributed by atoms with E-state index in [1.165, 1.54) is 0 Å². The van der Waals surface area contributed by atoms with Gasteiger partial charge in [0.2, 0.25) is 5.91 Å². The molecule has 0 aromatic heterocycles. The zero-order valence-corrected chi connectivity index (χ0v) is 6.36. The predicted octanol–water partition coefficient (Wildman–Crippen LogP) is -1.61. The van der Waals surface area contributed by atoms with E-state index in [4.69, 9.17) is 5.73 Å². The van der Waals surface area contributed by atoms with Crippen LogP contribution in [-0.2, 0) is 14.6 Å². The molecule has 2 N–H and O–H groups in total. The monoisotopic (exact) mass is 165 g/mol. The standard InChI is InChI=1S/C4H9N2O3S/c1-10(8,9)3-6-4(7)2-5/h5H,2-3H2,1H3,(H,6,7). The largest absolute Gasteiger partial charge is 0.341 e. The van der Waals surface area contributed by atoms with Crippen molar-refractivity contribution in [3.63, 3.8) is 0 Å². The molecule has 59 valence electrons. The zero-order valence-electron chi connectivity index (χ0n) is 5.55. The Balaban J connectivity index is 3.67. The van der Waals surface area contributed by atoms with E-state index in [1.54, 1.807) is 0 Å². The molecule has 0 saturated heterocycles. The Morgan fingerprint density at radius 3 is 2.40 bits per heavy atom. The fourth-order valence-corrected chi connectivity index (χ4v) is 0.697. The second-order valence-corrected chi connectivity index (χ2v) is 3.99. The van der Waals surface area contributed by atoms with Gasteiger partial charge in [0.15, 0.2) is 9.84 Å². The Hall–Kier alpha value is -0.620. The second kappa shape index (κ2) is 3.52. The minimum atomic E-state index is -3.14. The number of amides is 1. The summed E-state index contributed by atoms with van der Waals surface area (Å²) in [5.74, 6) is -0.963. The van der Waals surface area contributed by atoms with Gasteiger partial charge in [-0.3, -0.25) is 4.79 Å². The van der Waals surface area contributed by atoms with Gasteiger partial charge in [-0.2, -0.15) is 0 Å². The predicted molar refractivity (Wildman–Crippen MR) is 35.8 cm³/mol. The van der Waals surface area contributed by atoms with Crippen molar-refractivity contribution in [3.8, 4) is 0 Å². The van der Waals surface area contributed by atoms with Crippen molar-refractivity contribution in [2.24, 2.45) is 0 Å². The van der Waals surface area contributed by atoms with E-state index in [1.807, 2.05) is 0 Å². The Bertz CT molecular complexity index is 209. The molecular weight excluding hydrogens is 156 g/mol. The summed E-state index contributed by atoms with van der Waals surface area (Å²) in [6, 6.07) is 0. The first-order valence-electron chi connectivity index (χ1n) is 2.55. The summed E-state index contributed by atoms with van der Waals surface area (Å²) in [6.45, 7) is -0.435. The number of carbonyl (C=O) groups excluding carboxylic acids is 1. The van der Waals surface area contributed by atoms with Crippen LogP contribution < -0.4 is 11.1 Å². The van der Waals surface area contributed by atoms with Gasteiger partial charge in [0.05, 0.1) is 6.54 Å². The number of carbonyl (C=O) groups is 1. The van der Waals surface area contributed by atoms with Crippen molar-refractivity contribution < 1.29 is 13.2 Å². The lowest BCUT2D eigenvalue weighted by molar-refractivity contribution is -0.119. The number of rotatable bonds is 3. The fourth-order valence-electron chi connectivity index (χ4n) is 0.274. The maximum absolute atomic E-state index is 10.4. The van der Waals surface area contributed by atoms with Gasteiger partial charge in [-0.15, -0.1) is 0 Å². The quantitative estimate of drug-likeness (QED) is 0.545. The molecule has 0 aliphatic heterocycles. The summed E-state index contributed by atoms with van der Waals surface area (Å²) in [5.41, 5.74) is 6.51. The normalized spacial score (nSPS) is 11.0. The van der Waals surface area contributed by atoms with Crippen LogP contribution in [0.4, 0.5) is 0 Å². The van der Waals surface area contributed by atoms with Gasteiger partial charge in [-0.1, -0.05) is 0 Å². The lowest BCUT2D eigenvalue weighted by atomic mass is 10.6. The molecular formula is C4H9N2O3S. The van der Waals surface area contributed by atoms with Crippen LogP contribution in [0.25, 0.3) is 0 Å². The number of hydrogen-bond donors (Lipinski definition) is 1. The fraction of sp³-hybridized carbons (Fsp3) is 0.750. The van der Waals surface area contributed by atoms with E-state index in [9.17, 15) is 13.2 Å². The SMILES string of the molecule is CS(=O)(=O)CNC(=O)C[NH]. The number of sulfone groups is 1. The molecule has 0 unspecified atom stereocenters. The molecule has 1 amide bonds. The first-order chi connectivity index (χ1) is 4.45. The summed E-state index contributed by atoms with van der Waals surface area (Å²) < 4.78 is 20.8. The van der Waals surface area contributed by atoms with E-state index in [2.05, 4.69) is 5.32 Å². The second-order valence-electron chi connectivity index (χ2n) is 1.85. The summed E-state index contributed by atoms with van der Waals surface area (Å²) in [6.07, 6.45) is 1.01. The molecule has 0 rings (SSSR count). The highest BCUT2D eigenvalue weighted by atomic mass is 32.2. The van der Waals surface area contributed by atoms with E-state index in [0.717, 1.165) is 6.26 Å². The first-order valence-corrected chi connectivity index (χ1v) is 4.61. The highest BCUT2D eigenvalue weighted by Gasteiger charge is 2.03. The minimum absolute atomic E-state index is 0.384. The lowest BCUT2D eigenvalue weighted by Crippen LogP contribution is -2.31. The lowest BCUT2D eigenvalue weighted by Gasteiger charge is -1.98. The Morgan fingerprint density at radius 1 is 1.60 bits per heavy atom. The van der Waals surface area contributed by atoms with Gasteiger partial charge < -0.3 is 5.32 Å². The topological polar surface area (TPSA) is 87.0 Å². The average Bonchev–Trinajstić information content (AvgIpc) is 1.81. The molecule has 1 radical (unpaired) electrons. The molecule has 0 bridgehead atoms. The summed E-state index contributed by atoms with van der Waals surface area (Å²) >= 11 is 0. The van der Waals surface area contributed by atoms with Gasteiger partial charge in [0.1, 0.15) is 5.88 Å². The van der Waals surface area contributed by atoms with Crippen LogP contribution in [0.15, 0.2) is 0 Å². The van der Waals surface area contributed by atoms with Gasteiger partial charge in [-0.25, -0.2) is 14.2 Å². The molecule has 0 aromatic carbocycles. The Labute approximate surface area is 59.5 Å². The third kappa shape index (κ3) is 5.52. The third-order valence-corrected chi connectivity index (χ3v) is 1.36. The van der Waals surface area contributed by atoms with Crippen LogP contribution in [0.3, 0.4) is 0 Å². The van der Waals surface area contributed by atoms with Crippen LogP contribution in [0, 0.1) is 0 Å². The number of hydrogen-bond acceptors (Lipinski definition) is 3. The summed E-state index contributed by atoms with van der Waals surface area (Å²) in [4.78, 5) is 10.3. The van der Waals surface area contributed by atoms with Gasteiger partial charge in [0.25, 0.3) is 0 Å². The molecule has 0 saturated carbocycles. The summed E-state index contributed by atoms with van der Waals surface area (Å²) in [5, 5.41) is 2.06. The maximum Gasteiger partial charge on any atom is 0.236 e. The highest BCUT2D eigenvalue weighted by molar-refractivity contribution is 7.90. The molecule has 0 aromatic rings. The highest BCUT2D eigenvalue weighted by Crippen LogP contribution is 1.76. The van der Waals surface area contributed by atoms with Crippen molar-refractivity contribution in [3.05, 3.63) is 0 Å². The zero-order chi connectivity index (χ0) is 8.20. The maximum atomic E-state index is 10.4. The van der Waals surface area contributed by atoms with Gasteiger partial charge in [-0.05, 0) is 0 Å². The van der Waals surface area contributed by atoms with Crippen molar-refractivity contribution >= 4 is 15.7 Å². The molecule has 0 aliphatic carbocycles. The molecule has 0 atom stereocenters. The van der Waals surface area contributed by atoms with Crippen molar-refractivity contribution in [2.45, 2.75) is 0 Å².